The van der Waals surface area contributed by atoms with E-state index in [-0.39, 0.29) is 0 Å². The van der Waals surface area contributed by atoms with E-state index in [0.717, 1.165) is 8.47 Å². The molecule has 0 spiro atoms. The van der Waals surface area contributed by atoms with E-state index in [1.807, 2.05) is 23.5 Å². The molecule has 0 unspecified atom stereocenters. The van der Waals surface area contributed by atoms with Crippen LogP contribution in [0.5, 0.6) is 0 Å². The van der Waals surface area contributed by atoms with Gasteiger partial charge < -0.3 is 25.3 Å². The van der Waals surface area contributed by atoms with E-state index in [1.54, 1.807) is 23.5 Å². The minimum atomic E-state index is 0.883. The molecule has 0 aromatic heterocycles. The third-order valence-corrected chi connectivity index (χ3v) is 14.4. The molecule has 0 amide bonds. The highest BCUT2D eigenvalue weighted by Crippen LogP contribution is 2.63. The second-order valence-corrected chi connectivity index (χ2v) is 16.0. The molecule has 172 valence electrons. The summed E-state index contributed by atoms with van der Waals surface area (Å²) in [6.45, 7) is 4.57. The lowest BCUT2D eigenvalue weighted by molar-refractivity contribution is 0.627. The van der Waals surface area contributed by atoms with Gasteiger partial charge in [0.2, 0.25) is 0 Å². The second kappa shape index (κ2) is 17.2. The predicted molar refractivity (Wildman–Crippen MR) is 158 cm³/mol. The van der Waals surface area contributed by atoms with Gasteiger partial charge in [-0.1, -0.05) is 102 Å². The van der Waals surface area contributed by atoms with E-state index in [9.17, 15) is 0 Å². The lowest BCUT2D eigenvalue weighted by Crippen LogP contribution is -1.84. The maximum atomic E-state index is 5.40. The van der Waals surface area contributed by atoms with Crippen LogP contribution >= 0.6 is 70.6 Å². The summed E-state index contributed by atoms with van der Waals surface area (Å²) in [6, 6.07) is 0. The Bertz CT molecular complexity index is 560. The molecule has 0 saturated carbocycles. The molecule has 0 aliphatic carbocycles. The third kappa shape index (κ3) is 10.8. The Morgan fingerprint density at radius 1 is 0.533 bits per heavy atom. The van der Waals surface area contributed by atoms with Gasteiger partial charge >= 0.3 is 0 Å². The maximum Gasteiger partial charge on any atom is 0.0716 e. The summed E-state index contributed by atoms with van der Waals surface area (Å²) in [5.74, 6) is 2.49. The zero-order valence-electron chi connectivity index (χ0n) is 18.2. The Hall–Kier alpha value is 1.76. The number of thioether (sulfide) groups is 6. The Kier molecular flexibility index (Phi) is 16.1. The smallest absolute Gasteiger partial charge is 0.0716 e. The Morgan fingerprint density at radius 3 is 1.33 bits per heavy atom. The van der Waals surface area contributed by atoms with Crippen LogP contribution in [0.2, 0.25) is 0 Å². The lowest BCUT2D eigenvalue weighted by atomic mass is 10.1. The first-order valence-corrected chi connectivity index (χ1v) is 17.2. The molecule has 2 rings (SSSR count). The fraction of sp³-hybridized carbons (Fsp3) is 0.727. The summed E-state index contributed by atoms with van der Waals surface area (Å²) in [7, 11) is 0. The van der Waals surface area contributed by atoms with E-state index in [2.05, 4.69) is 37.4 Å². The van der Waals surface area contributed by atoms with Crippen molar-refractivity contribution in [3.8, 4) is 0 Å². The summed E-state index contributed by atoms with van der Waals surface area (Å²) in [6.07, 6.45) is 16.4. The van der Waals surface area contributed by atoms with Gasteiger partial charge in [0, 0.05) is 0 Å². The van der Waals surface area contributed by atoms with Crippen LogP contribution in [-0.4, -0.2) is 11.5 Å². The number of hydrogen-bond donors (Lipinski definition) is 0. The number of unbranched alkanes of at least 4 members (excludes halogenated alkanes) is 10. The summed E-state index contributed by atoms with van der Waals surface area (Å²) < 4.78 is 7.53. The SMILES string of the molecule is CCCCCCCCSC1=C(SCCCCCCCC)SC(=C2SC([S-])=C([S-])S2)S1. The van der Waals surface area contributed by atoms with Crippen LogP contribution in [0.25, 0.3) is 0 Å². The molecule has 0 fully saturated rings. The molecule has 2 aliphatic rings. The fourth-order valence-corrected chi connectivity index (χ4v) is 12.3. The lowest BCUT2D eigenvalue weighted by Gasteiger charge is -2.11. The van der Waals surface area contributed by atoms with Crippen molar-refractivity contribution in [1.29, 1.82) is 0 Å². The molecule has 0 bridgehead atoms. The van der Waals surface area contributed by atoms with E-state index in [4.69, 9.17) is 25.3 Å². The van der Waals surface area contributed by atoms with E-state index >= 15 is 0 Å². The van der Waals surface area contributed by atoms with Gasteiger partial charge in [-0.25, -0.2) is 0 Å². The van der Waals surface area contributed by atoms with Crippen molar-refractivity contribution in [1.82, 2.24) is 0 Å². The molecule has 30 heavy (non-hydrogen) atoms. The van der Waals surface area contributed by atoms with Gasteiger partial charge in [0.05, 0.1) is 16.9 Å². The summed E-state index contributed by atoms with van der Waals surface area (Å²) >= 11 is 22.3. The van der Waals surface area contributed by atoms with Crippen molar-refractivity contribution in [3.63, 3.8) is 0 Å². The van der Waals surface area contributed by atoms with E-state index in [1.165, 1.54) is 106 Å². The van der Waals surface area contributed by atoms with Crippen molar-refractivity contribution in [2.45, 2.75) is 90.9 Å². The topological polar surface area (TPSA) is 0 Å². The largest absolute Gasteiger partial charge is 0.774 e. The normalized spacial score (nSPS) is 17.1. The molecule has 0 atom stereocenters. The van der Waals surface area contributed by atoms with Crippen LogP contribution in [0, 0.1) is 0 Å². The van der Waals surface area contributed by atoms with Gasteiger partial charge in [-0.3, -0.25) is 0 Å². The molecule has 2 aliphatic heterocycles. The van der Waals surface area contributed by atoms with Crippen LogP contribution in [0.1, 0.15) is 90.9 Å². The van der Waals surface area contributed by atoms with Gasteiger partial charge in [-0.2, -0.15) is 0 Å². The highest BCUT2D eigenvalue weighted by molar-refractivity contribution is 8.43. The fourth-order valence-electron chi connectivity index (χ4n) is 2.98. The van der Waals surface area contributed by atoms with Gasteiger partial charge in [-0.15, -0.1) is 55.5 Å². The van der Waals surface area contributed by atoms with Crippen LogP contribution in [0.15, 0.2) is 25.4 Å². The second-order valence-electron chi connectivity index (χ2n) is 7.37. The quantitative estimate of drug-likeness (QED) is 0.135. The predicted octanol–water partition coefficient (Wildman–Crippen LogP) is 10.6. The standard InChI is InChI=1S/C22H36S8/c1-3-5-7-9-11-13-15-25-19-20(26-16-14-12-10-8-6-4-2)30-22(29-19)21-27-17(23)18(24)28-21/h23-24H,3-16H2,1-2H3/p-2. The molecule has 0 aromatic rings. The summed E-state index contributed by atoms with van der Waals surface area (Å²) in [5, 5.41) is 0. The molecular weight excluding hydrogens is 521 g/mol. The van der Waals surface area contributed by atoms with E-state index in [0.29, 0.717) is 0 Å². The van der Waals surface area contributed by atoms with Crippen LogP contribution in [0.3, 0.4) is 0 Å². The van der Waals surface area contributed by atoms with Gasteiger partial charge in [0.25, 0.3) is 0 Å². The van der Waals surface area contributed by atoms with Crippen LogP contribution in [0.4, 0.5) is 0 Å². The van der Waals surface area contributed by atoms with Gasteiger partial charge in [-0.05, 0) is 24.3 Å². The Morgan fingerprint density at radius 2 is 0.900 bits per heavy atom. The van der Waals surface area contributed by atoms with Crippen molar-refractivity contribution in [2.75, 3.05) is 11.5 Å². The molecule has 8 heteroatoms. The first kappa shape index (κ1) is 28.0. The van der Waals surface area contributed by atoms with Crippen molar-refractivity contribution in [3.05, 3.63) is 25.4 Å². The first-order valence-electron chi connectivity index (χ1n) is 11.2. The maximum absolute atomic E-state index is 5.40. The van der Waals surface area contributed by atoms with E-state index < -0.39 is 0 Å². The molecule has 0 N–H and O–H groups in total. The Labute approximate surface area is 221 Å². The molecule has 0 nitrogen and oxygen atoms in total. The molecule has 2 heterocycles. The average Bonchev–Trinajstić information content (AvgIpc) is 3.29. The minimum absolute atomic E-state index is 0.883. The van der Waals surface area contributed by atoms with Crippen molar-refractivity contribution >= 4 is 95.8 Å². The monoisotopic (exact) mass is 554 g/mol. The molecule has 0 aromatic carbocycles. The molecular formula is C22H34S8-2. The first-order chi connectivity index (χ1) is 14.7. The highest BCUT2D eigenvalue weighted by Gasteiger charge is 2.26. The average molecular weight is 555 g/mol. The molecule has 0 radical (unpaired) electrons. The molecule has 0 saturated heterocycles. The Balaban J connectivity index is 1.80. The summed E-state index contributed by atoms with van der Waals surface area (Å²) in [4.78, 5) is 0. The minimum Gasteiger partial charge on any atom is -0.774 e. The van der Waals surface area contributed by atoms with Crippen molar-refractivity contribution in [2.24, 2.45) is 0 Å². The number of hydrogen-bond acceptors (Lipinski definition) is 8. The van der Waals surface area contributed by atoms with Crippen molar-refractivity contribution < 1.29 is 0 Å². The van der Waals surface area contributed by atoms with Crippen LogP contribution < -0.4 is 0 Å². The van der Waals surface area contributed by atoms with Gasteiger partial charge in [0.1, 0.15) is 0 Å². The van der Waals surface area contributed by atoms with Crippen LogP contribution in [-0.2, 0) is 25.3 Å². The van der Waals surface area contributed by atoms with Gasteiger partial charge in [0.15, 0.2) is 0 Å². The zero-order chi connectivity index (χ0) is 21.6. The number of rotatable bonds is 16. The third-order valence-electron chi connectivity index (χ3n) is 4.70. The highest BCUT2D eigenvalue weighted by atomic mass is 32.3. The zero-order valence-corrected chi connectivity index (χ0v) is 24.7. The summed E-state index contributed by atoms with van der Waals surface area (Å²) in [5.41, 5.74) is 0.